The molecule has 0 saturated carbocycles. The number of nitrogens with one attached hydrogen (secondary N) is 2. The summed E-state index contributed by atoms with van der Waals surface area (Å²) in [7, 11) is 0. The lowest BCUT2D eigenvalue weighted by atomic mass is 10.1. The number of amides is 2. The summed E-state index contributed by atoms with van der Waals surface area (Å²) in [5.74, 6) is -3.01. The molecule has 0 heterocycles. The van der Waals surface area contributed by atoms with Gasteiger partial charge in [0.2, 0.25) is 5.91 Å². The van der Waals surface area contributed by atoms with Crippen LogP contribution in [0.5, 0.6) is 5.75 Å². The first-order chi connectivity index (χ1) is 13.8. The minimum absolute atomic E-state index is 0.0767. The standard InChI is InChI=1S/C18H13F7N2O3/c19-12-1-3-13(4-2-12)27-15(28)8-26-16(29)9-30-14-6-10(17(20,21)22)5-11(7-14)18(23,24)25/h1-7H,8-9H2,(H,26,29)(H,27,28). The van der Waals surface area contributed by atoms with Crippen molar-refractivity contribution in [2.24, 2.45) is 0 Å². The predicted octanol–water partition coefficient (Wildman–Crippen LogP) is 4.00. The Morgan fingerprint density at radius 2 is 1.37 bits per heavy atom. The molecule has 30 heavy (non-hydrogen) atoms. The molecule has 0 aliphatic rings. The second-order valence-electron chi connectivity index (χ2n) is 5.86. The van der Waals surface area contributed by atoms with Gasteiger partial charge in [0.05, 0.1) is 17.7 Å². The first-order valence-electron chi connectivity index (χ1n) is 8.09. The van der Waals surface area contributed by atoms with Crippen LogP contribution in [0.4, 0.5) is 36.4 Å². The van der Waals surface area contributed by atoms with E-state index in [1.807, 2.05) is 0 Å². The highest BCUT2D eigenvalue weighted by atomic mass is 19.4. The van der Waals surface area contributed by atoms with E-state index in [9.17, 15) is 40.3 Å². The van der Waals surface area contributed by atoms with Crippen molar-refractivity contribution in [1.29, 1.82) is 0 Å². The Balaban J connectivity index is 1.93. The molecule has 2 amide bonds. The van der Waals surface area contributed by atoms with Gasteiger partial charge in [0.1, 0.15) is 11.6 Å². The summed E-state index contributed by atoms with van der Waals surface area (Å²) < 4.78 is 94.2. The van der Waals surface area contributed by atoms with Crippen LogP contribution in [-0.4, -0.2) is 25.0 Å². The molecule has 0 spiro atoms. The van der Waals surface area contributed by atoms with Crippen LogP contribution < -0.4 is 15.4 Å². The molecule has 0 aromatic heterocycles. The van der Waals surface area contributed by atoms with Crippen LogP contribution in [0.1, 0.15) is 11.1 Å². The van der Waals surface area contributed by atoms with Crippen LogP contribution in [0.15, 0.2) is 42.5 Å². The van der Waals surface area contributed by atoms with E-state index in [1.165, 1.54) is 12.1 Å². The van der Waals surface area contributed by atoms with E-state index in [2.05, 4.69) is 10.6 Å². The molecule has 0 radical (unpaired) electrons. The molecule has 0 aliphatic heterocycles. The third-order valence-electron chi connectivity index (χ3n) is 3.51. The van der Waals surface area contributed by atoms with Crippen LogP contribution >= 0.6 is 0 Å². The molecular weight excluding hydrogens is 425 g/mol. The Kier molecular flexibility index (Phi) is 6.90. The minimum Gasteiger partial charge on any atom is -0.484 e. The monoisotopic (exact) mass is 438 g/mol. The van der Waals surface area contributed by atoms with Gasteiger partial charge >= 0.3 is 12.4 Å². The summed E-state index contributed by atoms with van der Waals surface area (Å²) >= 11 is 0. The molecule has 12 heteroatoms. The lowest BCUT2D eigenvalue weighted by molar-refractivity contribution is -0.143. The maximum Gasteiger partial charge on any atom is 0.416 e. The fourth-order valence-electron chi connectivity index (χ4n) is 2.13. The Bertz CT molecular complexity index is 877. The van der Waals surface area contributed by atoms with Gasteiger partial charge in [0, 0.05) is 5.69 Å². The Hall–Kier alpha value is -3.31. The smallest absolute Gasteiger partial charge is 0.416 e. The molecule has 0 atom stereocenters. The number of anilines is 1. The summed E-state index contributed by atoms with van der Waals surface area (Å²) in [5.41, 5.74) is -2.94. The van der Waals surface area contributed by atoms with Gasteiger partial charge in [0.15, 0.2) is 6.61 Å². The maximum atomic E-state index is 12.8. The molecule has 2 N–H and O–H groups in total. The Labute approximate surface area is 164 Å². The van der Waals surface area contributed by atoms with Crippen molar-refractivity contribution < 1.29 is 45.1 Å². The minimum atomic E-state index is -5.06. The number of hydrogen-bond acceptors (Lipinski definition) is 3. The molecule has 0 bridgehead atoms. The van der Waals surface area contributed by atoms with Crippen LogP contribution in [0.25, 0.3) is 0 Å². The van der Waals surface area contributed by atoms with Crippen molar-refractivity contribution in [3.05, 3.63) is 59.4 Å². The largest absolute Gasteiger partial charge is 0.484 e. The van der Waals surface area contributed by atoms with Gasteiger partial charge < -0.3 is 15.4 Å². The van der Waals surface area contributed by atoms with Crippen LogP contribution in [-0.2, 0) is 21.9 Å². The van der Waals surface area contributed by atoms with Crippen LogP contribution in [0.3, 0.4) is 0 Å². The van der Waals surface area contributed by atoms with Gasteiger partial charge in [0.25, 0.3) is 5.91 Å². The third-order valence-corrected chi connectivity index (χ3v) is 3.51. The number of carbonyl (C=O) groups excluding carboxylic acids is 2. The molecule has 5 nitrogen and oxygen atoms in total. The first-order valence-corrected chi connectivity index (χ1v) is 8.09. The number of halogens is 7. The van der Waals surface area contributed by atoms with E-state index in [1.54, 1.807) is 0 Å². The highest BCUT2D eigenvalue weighted by Gasteiger charge is 2.37. The number of alkyl halides is 6. The summed E-state index contributed by atoms with van der Waals surface area (Å²) in [4.78, 5) is 23.3. The van der Waals surface area contributed by atoms with Gasteiger partial charge in [-0.1, -0.05) is 0 Å². The summed E-state index contributed by atoms with van der Waals surface area (Å²) in [5, 5.41) is 4.41. The number of ether oxygens (including phenoxy) is 1. The molecule has 2 aromatic carbocycles. The van der Waals surface area contributed by atoms with E-state index in [-0.39, 0.29) is 11.8 Å². The van der Waals surface area contributed by atoms with Crippen LogP contribution in [0.2, 0.25) is 0 Å². The first kappa shape index (κ1) is 23.0. The Morgan fingerprint density at radius 3 is 1.87 bits per heavy atom. The summed E-state index contributed by atoms with van der Waals surface area (Å²) in [6.07, 6.45) is -10.1. The predicted molar refractivity (Wildman–Crippen MR) is 90.0 cm³/mol. The zero-order valence-corrected chi connectivity index (χ0v) is 14.8. The van der Waals surface area contributed by atoms with E-state index in [0.29, 0.717) is 12.1 Å². The van der Waals surface area contributed by atoms with Crippen molar-refractivity contribution in [3.63, 3.8) is 0 Å². The number of rotatable bonds is 6. The molecule has 0 aliphatic carbocycles. The summed E-state index contributed by atoms with van der Waals surface area (Å²) in [6.45, 7) is -1.49. The fraction of sp³-hybridized carbons (Fsp3) is 0.222. The second kappa shape index (κ2) is 9.01. The van der Waals surface area contributed by atoms with Crippen LogP contribution in [0, 0.1) is 5.82 Å². The van der Waals surface area contributed by atoms with E-state index >= 15 is 0 Å². The fourth-order valence-corrected chi connectivity index (χ4v) is 2.13. The summed E-state index contributed by atoms with van der Waals surface area (Å²) in [6, 6.07) is 5.28. The maximum absolute atomic E-state index is 12.8. The molecule has 162 valence electrons. The van der Waals surface area contributed by atoms with Crippen molar-refractivity contribution in [2.45, 2.75) is 12.4 Å². The lowest BCUT2D eigenvalue weighted by Gasteiger charge is -2.14. The van der Waals surface area contributed by atoms with E-state index < -0.39 is 60.0 Å². The molecule has 0 saturated heterocycles. The topological polar surface area (TPSA) is 67.4 Å². The molecule has 0 unspecified atom stereocenters. The quantitative estimate of drug-likeness (QED) is 0.671. The molecule has 0 fully saturated rings. The highest BCUT2D eigenvalue weighted by Crippen LogP contribution is 2.38. The number of benzene rings is 2. The highest BCUT2D eigenvalue weighted by molar-refractivity contribution is 5.94. The van der Waals surface area contributed by atoms with Gasteiger partial charge in [-0.15, -0.1) is 0 Å². The average Bonchev–Trinajstić information content (AvgIpc) is 2.65. The Morgan fingerprint density at radius 1 is 0.833 bits per heavy atom. The lowest BCUT2D eigenvalue weighted by Crippen LogP contribution is -2.35. The normalized spacial score (nSPS) is 11.7. The molecule has 2 aromatic rings. The van der Waals surface area contributed by atoms with Crippen molar-refractivity contribution in [2.75, 3.05) is 18.5 Å². The zero-order valence-electron chi connectivity index (χ0n) is 14.8. The van der Waals surface area contributed by atoms with E-state index in [4.69, 9.17) is 4.74 Å². The number of carbonyl (C=O) groups is 2. The van der Waals surface area contributed by atoms with Crippen molar-refractivity contribution in [1.82, 2.24) is 5.32 Å². The average molecular weight is 438 g/mol. The number of hydrogen-bond donors (Lipinski definition) is 2. The van der Waals surface area contributed by atoms with Gasteiger partial charge in [-0.05, 0) is 42.5 Å². The van der Waals surface area contributed by atoms with Gasteiger partial charge in [-0.3, -0.25) is 9.59 Å². The van der Waals surface area contributed by atoms with E-state index in [0.717, 1.165) is 12.1 Å². The van der Waals surface area contributed by atoms with Crippen molar-refractivity contribution in [3.8, 4) is 5.75 Å². The van der Waals surface area contributed by atoms with Gasteiger partial charge in [-0.25, -0.2) is 4.39 Å². The SMILES string of the molecule is O=C(COc1cc(C(F)(F)F)cc(C(F)(F)F)c1)NCC(=O)Nc1ccc(F)cc1. The third kappa shape index (κ3) is 6.94. The van der Waals surface area contributed by atoms with Crippen molar-refractivity contribution >= 4 is 17.5 Å². The second-order valence-corrected chi connectivity index (χ2v) is 5.86. The van der Waals surface area contributed by atoms with Gasteiger partial charge in [-0.2, -0.15) is 26.3 Å². The molecular formula is C18H13F7N2O3. The zero-order chi connectivity index (χ0) is 22.5. The molecule has 2 rings (SSSR count).